The average molecular weight is 464 g/mol. The van der Waals surface area contributed by atoms with E-state index >= 15 is 0 Å². The molecule has 13 heteroatoms. The molecule has 0 spiro atoms. The Morgan fingerprint density at radius 3 is 2.53 bits per heavy atom. The molecule has 2 saturated heterocycles. The van der Waals surface area contributed by atoms with Crippen LogP contribution in [0.3, 0.4) is 0 Å². The van der Waals surface area contributed by atoms with E-state index < -0.39 is 59.7 Å². The number of carbonyl (C=O) groups is 1. The van der Waals surface area contributed by atoms with Crippen LogP contribution in [0, 0.1) is 12.8 Å². The molecular formula is C19H18F6N4O3. The fraction of sp³-hybridized carbons (Fsp3) is 0.526. The van der Waals surface area contributed by atoms with Crippen molar-refractivity contribution in [3.8, 4) is 0 Å². The highest BCUT2D eigenvalue weighted by Gasteiger charge is 2.59. The Morgan fingerprint density at radius 2 is 1.91 bits per heavy atom. The van der Waals surface area contributed by atoms with Crippen molar-refractivity contribution in [1.29, 1.82) is 0 Å². The van der Waals surface area contributed by atoms with Gasteiger partial charge in [0.15, 0.2) is 5.69 Å². The minimum Gasteiger partial charge on any atom is -0.390 e. The summed E-state index contributed by atoms with van der Waals surface area (Å²) < 4.78 is 86.4. The van der Waals surface area contributed by atoms with E-state index in [4.69, 9.17) is 4.74 Å². The number of aliphatic hydroxyl groups is 1. The number of nitrogens with zero attached hydrogens (tertiary/aromatic N) is 3. The molecule has 174 valence electrons. The largest absolute Gasteiger partial charge is 0.435 e. The van der Waals surface area contributed by atoms with E-state index in [1.54, 1.807) is 0 Å². The molecule has 0 radical (unpaired) electrons. The second-order valence-corrected chi connectivity index (χ2v) is 7.97. The summed E-state index contributed by atoms with van der Waals surface area (Å²) in [5.41, 5.74) is -2.56. The number of aliphatic hydroxyl groups excluding tert-OH is 1. The molecular weight excluding hydrogens is 446 g/mol. The Bertz CT molecular complexity index is 1050. The number of pyridine rings is 1. The third kappa shape index (κ3) is 3.94. The molecule has 4 rings (SSSR count). The Morgan fingerprint density at radius 1 is 1.22 bits per heavy atom. The Kier molecular flexibility index (Phi) is 5.24. The summed E-state index contributed by atoms with van der Waals surface area (Å²) in [6.07, 6.45) is -11.5. The third-order valence-corrected chi connectivity index (χ3v) is 5.65. The summed E-state index contributed by atoms with van der Waals surface area (Å²) in [7, 11) is 1.29. The van der Waals surface area contributed by atoms with Crippen LogP contribution < -0.4 is 5.32 Å². The molecule has 5 atom stereocenters. The van der Waals surface area contributed by atoms with Crippen LogP contribution in [0.15, 0.2) is 18.3 Å². The predicted octanol–water partition coefficient (Wildman–Crippen LogP) is 3.03. The first kappa shape index (κ1) is 22.5. The first-order valence-corrected chi connectivity index (χ1v) is 9.56. The molecule has 2 aromatic heterocycles. The van der Waals surface area contributed by atoms with Gasteiger partial charge >= 0.3 is 12.4 Å². The van der Waals surface area contributed by atoms with Gasteiger partial charge in [-0.1, -0.05) is 0 Å². The zero-order valence-electron chi connectivity index (χ0n) is 16.7. The van der Waals surface area contributed by atoms with Crippen molar-refractivity contribution in [2.75, 3.05) is 5.32 Å². The highest BCUT2D eigenvalue weighted by molar-refractivity contribution is 5.93. The number of amides is 1. The number of hydrogen-bond acceptors (Lipinski definition) is 5. The lowest BCUT2D eigenvalue weighted by Gasteiger charge is -2.30. The van der Waals surface area contributed by atoms with E-state index in [1.807, 2.05) is 0 Å². The van der Waals surface area contributed by atoms with Crippen molar-refractivity contribution >= 4 is 11.7 Å². The number of fused-ring (bicyclic) bond motifs is 2. The quantitative estimate of drug-likeness (QED) is 0.682. The number of carbonyl (C=O) groups excluding carboxylic acids is 1. The van der Waals surface area contributed by atoms with Gasteiger partial charge in [-0.3, -0.25) is 9.48 Å². The monoisotopic (exact) mass is 464 g/mol. The number of aryl methyl sites for hydroxylation is 2. The van der Waals surface area contributed by atoms with Crippen LogP contribution in [0.25, 0.3) is 0 Å². The average Bonchev–Trinajstić information content (AvgIpc) is 3.31. The van der Waals surface area contributed by atoms with Gasteiger partial charge in [-0.05, 0) is 19.1 Å². The number of anilines is 1. The lowest BCUT2D eigenvalue weighted by atomic mass is 9.74. The zero-order valence-corrected chi connectivity index (χ0v) is 16.7. The minimum atomic E-state index is -4.82. The number of aromatic nitrogens is 3. The second-order valence-electron chi connectivity index (χ2n) is 7.97. The number of rotatable bonds is 3. The summed E-state index contributed by atoms with van der Waals surface area (Å²) in [5, 5.41) is 15.9. The first-order chi connectivity index (χ1) is 14.8. The summed E-state index contributed by atoms with van der Waals surface area (Å²) in [5.74, 6) is -3.62. The molecule has 0 saturated carbocycles. The van der Waals surface area contributed by atoms with Crippen LogP contribution in [0.4, 0.5) is 32.2 Å². The van der Waals surface area contributed by atoms with E-state index in [2.05, 4.69) is 15.4 Å². The number of hydrogen-bond donors (Lipinski definition) is 2. The van der Waals surface area contributed by atoms with Crippen molar-refractivity contribution in [3.63, 3.8) is 0 Å². The zero-order chi connectivity index (χ0) is 23.6. The normalized spacial score (nSPS) is 27.7. The Hall–Kier alpha value is -2.67. The van der Waals surface area contributed by atoms with Gasteiger partial charge in [0.05, 0.1) is 29.8 Å². The van der Waals surface area contributed by atoms with Gasteiger partial charge in [0.2, 0.25) is 5.91 Å². The van der Waals surface area contributed by atoms with E-state index in [-0.39, 0.29) is 23.5 Å². The minimum absolute atomic E-state index is 0.00194. The van der Waals surface area contributed by atoms with Gasteiger partial charge < -0.3 is 15.2 Å². The maximum Gasteiger partial charge on any atom is 0.435 e. The molecule has 2 N–H and O–H groups in total. The van der Waals surface area contributed by atoms with Crippen LogP contribution >= 0.6 is 0 Å². The van der Waals surface area contributed by atoms with Gasteiger partial charge in [0, 0.05) is 36.8 Å². The fourth-order valence-corrected chi connectivity index (χ4v) is 4.49. The molecule has 7 nitrogen and oxygen atoms in total. The molecule has 4 heterocycles. The first-order valence-electron chi connectivity index (χ1n) is 9.56. The highest BCUT2D eigenvalue weighted by Crippen LogP contribution is 2.51. The molecule has 2 bridgehead atoms. The molecule has 0 unspecified atom stereocenters. The van der Waals surface area contributed by atoms with Crippen molar-refractivity contribution in [3.05, 3.63) is 40.8 Å². The number of halogens is 6. The fourth-order valence-electron chi connectivity index (χ4n) is 4.49. The number of alkyl halides is 6. The second kappa shape index (κ2) is 7.44. The standard InChI is InChI=1S/C19H18F6N4O3/c1-7-3-8(18(20,21)22)4-12(26-7)27-17(31)14-11-5-10(30)15(32-11)13(14)9-6-29(2)28-16(9)19(23,24)25/h3-4,6,10-11,13-15,30H,5H2,1-2H3,(H,26,27,31)/t10-,11+,13+,14-,15-/m0/s1. The molecule has 2 aromatic rings. The van der Waals surface area contributed by atoms with Gasteiger partial charge in [-0.2, -0.15) is 31.4 Å². The van der Waals surface area contributed by atoms with E-state index in [9.17, 15) is 36.2 Å². The number of ether oxygens (including phenoxy) is 1. The van der Waals surface area contributed by atoms with E-state index in [1.165, 1.54) is 14.0 Å². The molecule has 2 aliphatic rings. The SMILES string of the molecule is Cc1cc(C(F)(F)F)cc(NC(=O)[C@@H]2[C@@H](c3cn(C)nc3C(F)(F)F)[C@H]3O[C@@H]2C[C@@H]3O)n1. The van der Waals surface area contributed by atoms with Gasteiger partial charge in [0.1, 0.15) is 5.82 Å². The number of nitrogens with one attached hydrogen (secondary N) is 1. The van der Waals surface area contributed by atoms with Crippen LogP contribution in [-0.2, 0) is 28.9 Å². The van der Waals surface area contributed by atoms with Crippen molar-refractivity contribution < 1.29 is 41.0 Å². The summed E-state index contributed by atoms with van der Waals surface area (Å²) >= 11 is 0. The van der Waals surface area contributed by atoms with Crippen LogP contribution in [0.5, 0.6) is 0 Å². The smallest absolute Gasteiger partial charge is 0.390 e. The van der Waals surface area contributed by atoms with Crippen LogP contribution in [-0.4, -0.2) is 44.1 Å². The molecule has 2 aliphatic heterocycles. The molecule has 1 amide bonds. The topological polar surface area (TPSA) is 89.3 Å². The molecule has 2 fully saturated rings. The van der Waals surface area contributed by atoms with Gasteiger partial charge in [0.25, 0.3) is 0 Å². The molecule has 32 heavy (non-hydrogen) atoms. The van der Waals surface area contributed by atoms with Crippen molar-refractivity contribution in [1.82, 2.24) is 14.8 Å². The predicted molar refractivity (Wildman–Crippen MR) is 96.3 cm³/mol. The third-order valence-electron chi connectivity index (χ3n) is 5.65. The Balaban J connectivity index is 1.69. The maximum atomic E-state index is 13.5. The van der Waals surface area contributed by atoms with Crippen LogP contribution in [0.1, 0.15) is 34.9 Å². The van der Waals surface area contributed by atoms with E-state index in [0.29, 0.717) is 6.07 Å². The molecule has 0 aromatic carbocycles. The van der Waals surface area contributed by atoms with Gasteiger partial charge in [-0.25, -0.2) is 4.98 Å². The molecule has 0 aliphatic carbocycles. The highest BCUT2D eigenvalue weighted by atomic mass is 19.4. The summed E-state index contributed by atoms with van der Waals surface area (Å²) in [6, 6.07) is 1.45. The summed E-state index contributed by atoms with van der Waals surface area (Å²) in [6.45, 7) is 1.32. The van der Waals surface area contributed by atoms with Crippen LogP contribution in [0.2, 0.25) is 0 Å². The maximum absolute atomic E-state index is 13.5. The van der Waals surface area contributed by atoms with E-state index in [0.717, 1.165) is 16.9 Å². The lowest BCUT2D eigenvalue weighted by molar-refractivity contribution is -0.143. The van der Waals surface area contributed by atoms with Crippen molar-refractivity contribution in [2.24, 2.45) is 13.0 Å². The summed E-state index contributed by atoms with van der Waals surface area (Å²) in [4.78, 5) is 16.9. The van der Waals surface area contributed by atoms with Crippen molar-refractivity contribution in [2.45, 2.75) is 49.9 Å². The Labute approximate surface area is 177 Å². The van der Waals surface area contributed by atoms with Gasteiger partial charge in [-0.15, -0.1) is 0 Å². The lowest BCUT2D eigenvalue weighted by Crippen LogP contribution is -2.41.